The molecule has 0 atom stereocenters. The molecule has 0 spiro atoms. The fourth-order valence-electron chi connectivity index (χ4n) is 1.55. The van der Waals surface area contributed by atoms with Crippen LogP contribution in [0.25, 0.3) is 0 Å². The molecule has 2 nitrogen and oxygen atoms in total. The van der Waals surface area contributed by atoms with E-state index in [-0.39, 0.29) is 18.8 Å². The normalized spacial score (nSPS) is 11.0. The topological polar surface area (TPSA) is 26.3 Å². The molecular formula is C13H15ClF2O2. The number of ketones is 1. The molecule has 0 unspecified atom stereocenters. The number of halogens is 3. The first-order valence-corrected chi connectivity index (χ1v) is 5.95. The van der Waals surface area contributed by atoms with Gasteiger partial charge in [-0.3, -0.25) is 4.79 Å². The molecule has 0 heterocycles. The number of carbonyl (C=O) groups is 1. The molecular weight excluding hydrogens is 262 g/mol. The van der Waals surface area contributed by atoms with Crippen LogP contribution >= 0.6 is 11.6 Å². The number of hydrogen-bond acceptors (Lipinski definition) is 2. The first-order valence-electron chi connectivity index (χ1n) is 5.57. The second kappa shape index (κ2) is 6.81. The Bertz CT molecular complexity index is 433. The Kier molecular flexibility index (Phi) is 5.69. The lowest BCUT2D eigenvalue weighted by atomic mass is 10.0. The minimum Gasteiger partial charge on any atom is -0.375 e. The van der Waals surface area contributed by atoms with Crippen LogP contribution in [0, 0.1) is 13.8 Å². The molecule has 0 aromatic heterocycles. The molecule has 0 amide bonds. The zero-order chi connectivity index (χ0) is 13.7. The zero-order valence-corrected chi connectivity index (χ0v) is 11.1. The van der Waals surface area contributed by atoms with Crippen molar-refractivity contribution in [1.29, 1.82) is 0 Å². The molecule has 1 aromatic carbocycles. The lowest BCUT2D eigenvalue weighted by Crippen LogP contribution is -2.10. The molecule has 0 aliphatic heterocycles. The highest BCUT2D eigenvalue weighted by Gasteiger charge is 2.11. The SMILES string of the molecule is Cc1cc(C(=O)CCOCC(F)F)c(C)cc1Cl. The van der Waals surface area contributed by atoms with E-state index in [0.717, 1.165) is 11.1 Å². The van der Waals surface area contributed by atoms with Crippen molar-refractivity contribution in [2.24, 2.45) is 0 Å². The molecule has 0 radical (unpaired) electrons. The van der Waals surface area contributed by atoms with E-state index in [9.17, 15) is 13.6 Å². The Morgan fingerprint density at radius 3 is 2.61 bits per heavy atom. The van der Waals surface area contributed by atoms with Gasteiger partial charge in [-0.25, -0.2) is 8.78 Å². The van der Waals surface area contributed by atoms with Gasteiger partial charge in [-0.15, -0.1) is 0 Å². The molecule has 1 aromatic rings. The van der Waals surface area contributed by atoms with Crippen molar-refractivity contribution < 1.29 is 18.3 Å². The molecule has 0 N–H and O–H groups in total. The van der Waals surface area contributed by atoms with Gasteiger partial charge in [-0.05, 0) is 37.1 Å². The van der Waals surface area contributed by atoms with E-state index in [2.05, 4.69) is 4.74 Å². The van der Waals surface area contributed by atoms with Crippen molar-refractivity contribution in [3.8, 4) is 0 Å². The van der Waals surface area contributed by atoms with Crippen LogP contribution < -0.4 is 0 Å². The predicted molar refractivity (Wildman–Crippen MR) is 66.7 cm³/mol. The molecule has 0 saturated heterocycles. The predicted octanol–water partition coefficient (Wildman–Crippen LogP) is 3.81. The number of ether oxygens (including phenoxy) is 1. The number of alkyl halides is 2. The van der Waals surface area contributed by atoms with Gasteiger partial charge in [0.05, 0.1) is 6.61 Å². The van der Waals surface area contributed by atoms with Gasteiger partial charge in [0.2, 0.25) is 0 Å². The number of benzene rings is 1. The third-order valence-electron chi connectivity index (χ3n) is 2.52. The van der Waals surface area contributed by atoms with Crippen LogP contribution in [0.2, 0.25) is 5.02 Å². The van der Waals surface area contributed by atoms with Crippen LogP contribution in [-0.2, 0) is 4.74 Å². The highest BCUT2D eigenvalue weighted by molar-refractivity contribution is 6.31. The summed E-state index contributed by atoms with van der Waals surface area (Å²) in [5.74, 6) is -0.124. The summed E-state index contributed by atoms with van der Waals surface area (Å²) in [4.78, 5) is 11.9. The van der Waals surface area contributed by atoms with Gasteiger partial charge >= 0.3 is 0 Å². The van der Waals surface area contributed by atoms with Crippen molar-refractivity contribution >= 4 is 17.4 Å². The summed E-state index contributed by atoms with van der Waals surface area (Å²) < 4.78 is 28.3. The average molecular weight is 277 g/mol. The summed E-state index contributed by atoms with van der Waals surface area (Å²) >= 11 is 5.93. The van der Waals surface area contributed by atoms with E-state index in [1.54, 1.807) is 19.1 Å². The van der Waals surface area contributed by atoms with Crippen molar-refractivity contribution in [2.75, 3.05) is 13.2 Å². The number of aryl methyl sites for hydroxylation is 2. The fourth-order valence-corrected chi connectivity index (χ4v) is 1.77. The second-order valence-corrected chi connectivity index (χ2v) is 4.46. The van der Waals surface area contributed by atoms with Crippen LogP contribution in [0.4, 0.5) is 8.78 Å². The van der Waals surface area contributed by atoms with E-state index in [0.29, 0.717) is 10.6 Å². The smallest absolute Gasteiger partial charge is 0.261 e. The highest BCUT2D eigenvalue weighted by atomic mass is 35.5. The van der Waals surface area contributed by atoms with E-state index >= 15 is 0 Å². The van der Waals surface area contributed by atoms with Crippen molar-refractivity contribution in [2.45, 2.75) is 26.7 Å². The Labute approximate surface area is 110 Å². The van der Waals surface area contributed by atoms with Crippen molar-refractivity contribution in [3.05, 3.63) is 33.8 Å². The minimum atomic E-state index is -2.50. The zero-order valence-electron chi connectivity index (χ0n) is 10.3. The molecule has 5 heteroatoms. The van der Waals surface area contributed by atoms with E-state index in [1.807, 2.05) is 6.92 Å². The monoisotopic (exact) mass is 276 g/mol. The van der Waals surface area contributed by atoms with Crippen LogP contribution in [0.15, 0.2) is 12.1 Å². The summed E-state index contributed by atoms with van der Waals surface area (Å²) in [5.41, 5.74) is 2.17. The third-order valence-corrected chi connectivity index (χ3v) is 2.93. The van der Waals surface area contributed by atoms with Gasteiger partial charge in [-0.2, -0.15) is 0 Å². The molecule has 18 heavy (non-hydrogen) atoms. The Morgan fingerprint density at radius 1 is 1.33 bits per heavy atom. The second-order valence-electron chi connectivity index (χ2n) is 4.06. The van der Waals surface area contributed by atoms with Gasteiger partial charge in [0.15, 0.2) is 5.78 Å². The van der Waals surface area contributed by atoms with Crippen molar-refractivity contribution in [1.82, 2.24) is 0 Å². The summed E-state index contributed by atoms with van der Waals surface area (Å²) in [6.45, 7) is 2.97. The Morgan fingerprint density at radius 2 is 2.00 bits per heavy atom. The van der Waals surface area contributed by atoms with Gasteiger partial charge in [0, 0.05) is 17.0 Å². The van der Waals surface area contributed by atoms with Crippen LogP contribution in [0.1, 0.15) is 27.9 Å². The van der Waals surface area contributed by atoms with Crippen LogP contribution in [0.3, 0.4) is 0 Å². The maximum absolute atomic E-state index is 11.9. The summed E-state index contributed by atoms with van der Waals surface area (Å²) in [6.07, 6.45) is -2.41. The van der Waals surface area contributed by atoms with Gasteiger partial charge in [0.1, 0.15) is 6.61 Å². The fraction of sp³-hybridized carbons (Fsp3) is 0.462. The quantitative estimate of drug-likeness (QED) is 0.583. The number of rotatable bonds is 6. The number of Topliss-reactive ketones (excluding diaryl/α,β-unsaturated/α-hetero) is 1. The molecule has 0 bridgehead atoms. The summed E-state index contributed by atoms with van der Waals surface area (Å²) in [7, 11) is 0. The van der Waals surface area contributed by atoms with E-state index in [4.69, 9.17) is 11.6 Å². The third kappa shape index (κ3) is 4.35. The van der Waals surface area contributed by atoms with Gasteiger partial charge in [0.25, 0.3) is 6.43 Å². The molecule has 0 aliphatic carbocycles. The lowest BCUT2D eigenvalue weighted by Gasteiger charge is -2.08. The molecule has 1 rings (SSSR count). The first kappa shape index (κ1) is 15.1. The highest BCUT2D eigenvalue weighted by Crippen LogP contribution is 2.21. The lowest BCUT2D eigenvalue weighted by molar-refractivity contribution is 0.0169. The standard InChI is InChI=1S/C13H15ClF2O2/c1-8-6-11(14)9(2)5-10(8)12(17)3-4-18-7-13(15)16/h5-6,13H,3-4,7H2,1-2H3. The van der Waals surface area contributed by atoms with Crippen LogP contribution in [-0.4, -0.2) is 25.4 Å². The molecule has 100 valence electrons. The first-order chi connectivity index (χ1) is 8.41. The summed E-state index contributed by atoms with van der Waals surface area (Å²) in [5, 5.41) is 0.609. The van der Waals surface area contributed by atoms with E-state index in [1.165, 1.54) is 0 Å². The molecule has 0 saturated carbocycles. The minimum absolute atomic E-state index is 0.00425. The maximum atomic E-state index is 11.9. The van der Waals surface area contributed by atoms with Crippen molar-refractivity contribution in [3.63, 3.8) is 0 Å². The Hall–Kier alpha value is -1.00. The van der Waals surface area contributed by atoms with Crippen LogP contribution in [0.5, 0.6) is 0 Å². The van der Waals surface area contributed by atoms with Gasteiger partial charge in [-0.1, -0.05) is 11.6 Å². The molecule has 0 aliphatic rings. The van der Waals surface area contributed by atoms with E-state index < -0.39 is 13.0 Å². The number of hydrogen-bond donors (Lipinski definition) is 0. The average Bonchev–Trinajstić information content (AvgIpc) is 2.28. The number of carbonyl (C=O) groups excluding carboxylic acids is 1. The summed E-state index contributed by atoms with van der Waals surface area (Å²) in [6, 6.07) is 3.44. The maximum Gasteiger partial charge on any atom is 0.261 e. The Balaban J connectivity index is 2.59. The molecule has 0 fully saturated rings. The largest absolute Gasteiger partial charge is 0.375 e. The van der Waals surface area contributed by atoms with Gasteiger partial charge < -0.3 is 4.74 Å².